The van der Waals surface area contributed by atoms with Gasteiger partial charge in [-0.2, -0.15) is 4.98 Å². The SMILES string of the molecule is C[C@H]1CNCCN1c1nc2cc(Cl)cc(C(=O)NO)c2o1. The summed E-state index contributed by atoms with van der Waals surface area (Å²) in [5.41, 5.74) is 2.54. The number of piperazine rings is 1. The molecule has 2 heterocycles. The Hall–Kier alpha value is -1.83. The van der Waals surface area contributed by atoms with Crippen LogP contribution in [-0.4, -0.2) is 41.8 Å². The molecule has 1 aliphatic heterocycles. The molecular formula is C13H15ClN4O3. The van der Waals surface area contributed by atoms with Crippen LogP contribution in [0.2, 0.25) is 5.02 Å². The van der Waals surface area contributed by atoms with Crippen molar-refractivity contribution in [2.75, 3.05) is 24.5 Å². The molecule has 3 N–H and O–H groups in total. The van der Waals surface area contributed by atoms with E-state index < -0.39 is 5.91 Å². The number of carbonyl (C=O) groups excluding carboxylic acids is 1. The summed E-state index contributed by atoms with van der Waals surface area (Å²) in [6.45, 7) is 4.51. The Labute approximate surface area is 125 Å². The molecule has 21 heavy (non-hydrogen) atoms. The lowest BCUT2D eigenvalue weighted by atomic mass is 10.2. The second-order valence-corrected chi connectivity index (χ2v) is 5.42. The van der Waals surface area contributed by atoms with Crippen LogP contribution in [0.5, 0.6) is 0 Å². The van der Waals surface area contributed by atoms with Crippen molar-refractivity contribution in [3.8, 4) is 0 Å². The number of fused-ring (bicyclic) bond motifs is 1. The normalized spacial score (nSPS) is 19.0. The molecule has 1 fully saturated rings. The maximum Gasteiger partial charge on any atom is 0.298 e. The summed E-state index contributed by atoms with van der Waals surface area (Å²) in [5, 5.41) is 12.5. The lowest BCUT2D eigenvalue weighted by Gasteiger charge is -2.32. The summed E-state index contributed by atoms with van der Waals surface area (Å²) in [7, 11) is 0. The van der Waals surface area contributed by atoms with Crippen molar-refractivity contribution < 1.29 is 14.4 Å². The number of hydrogen-bond donors (Lipinski definition) is 3. The van der Waals surface area contributed by atoms with Gasteiger partial charge < -0.3 is 14.6 Å². The first kappa shape index (κ1) is 14.1. The largest absolute Gasteiger partial charge is 0.423 e. The van der Waals surface area contributed by atoms with Gasteiger partial charge in [0.15, 0.2) is 5.58 Å². The molecule has 1 atom stereocenters. The van der Waals surface area contributed by atoms with Gasteiger partial charge in [0, 0.05) is 30.7 Å². The third-order valence-corrected chi connectivity index (χ3v) is 3.75. The van der Waals surface area contributed by atoms with E-state index in [1.165, 1.54) is 6.07 Å². The van der Waals surface area contributed by atoms with Crippen LogP contribution in [0.25, 0.3) is 11.1 Å². The number of rotatable bonds is 2. The molecule has 0 aliphatic carbocycles. The van der Waals surface area contributed by atoms with Gasteiger partial charge in [-0.1, -0.05) is 11.6 Å². The van der Waals surface area contributed by atoms with Gasteiger partial charge in [-0.15, -0.1) is 0 Å². The fourth-order valence-electron chi connectivity index (χ4n) is 2.46. The first-order valence-corrected chi connectivity index (χ1v) is 7.00. The standard InChI is InChI=1S/C13H15ClN4O3/c1-7-6-15-2-3-18(7)13-16-10-5-8(14)4-9(11(10)21-13)12(19)17-20/h4-5,7,15,20H,2-3,6H2,1H3,(H,17,19)/t7-/m0/s1. The molecule has 0 spiro atoms. The Morgan fingerprint density at radius 1 is 1.62 bits per heavy atom. The predicted molar refractivity (Wildman–Crippen MR) is 77.9 cm³/mol. The topological polar surface area (TPSA) is 90.6 Å². The lowest BCUT2D eigenvalue weighted by molar-refractivity contribution is 0.0707. The highest BCUT2D eigenvalue weighted by atomic mass is 35.5. The molecule has 1 aromatic carbocycles. The highest BCUT2D eigenvalue weighted by molar-refractivity contribution is 6.32. The number of oxazole rings is 1. The fourth-order valence-corrected chi connectivity index (χ4v) is 2.68. The van der Waals surface area contributed by atoms with Gasteiger partial charge >= 0.3 is 0 Å². The van der Waals surface area contributed by atoms with Crippen molar-refractivity contribution in [1.29, 1.82) is 0 Å². The van der Waals surface area contributed by atoms with Gasteiger partial charge in [0.1, 0.15) is 5.52 Å². The number of hydroxylamine groups is 1. The molecule has 112 valence electrons. The minimum atomic E-state index is -0.682. The number of halogens is 1. The third-order valence-electron chi connectivity index (χ3n) is 3.54. The van der Waals surface area contributed by atoms with Crippen molar-refractivity contribution in [2.24, 2.45) is 0 Å². The monoisotopic (exact) mass is 310 g/mol. The molecule has 0 radical (unpaired) electrons. The number of amides is 1. The lowest BCUT2D eigenvalue weighted by Crippen LogP contribution is -2.50. The zero-order valence-electron chi connectivity index (χ0n) is 11.4. The van der Waals surface area contributed by atoms with Crippen LogP contribution in [0.1, 0.15) is 17.3 Å². The molecule has 0 unspecified atom stereocenters. The average Bonchev–Trinajstić information content (AvgIpc) is 2.89. The minimum Gasteiger partial charge on any atom is -0.423 e. The zero-order chi connectivity index (χ0) is 15.0. The Morgan fingerprint density at radius 3 is 3.14 bits per heavy atom. The summed E-state index contributed by atoms with van der Waals surface area (Å²) in [4.78, 5) is 18.1. The molecule has 7 nitrogen and oxygen atoms in total. The van der Waals surface area contributed by atoms with E-state index >= 15 is 0 Å². The molecule has 1 amide bonds. The van der Waals surface area contributed by atoms with Crippen LogP contribution in [0.4, 0.5) is 6.01 Å². The van der Waals surface area contributed by atoms with Crippen LogP contribution in [0.15, 0.2) is 16.5 Å². The van der Waals surface area contributed by atoms with Crippen LogP contribution in [0, 0.1) is 0 Å². The molecule has 1 aliphatic rings. The van der Waals surface area contributed by atoms with Crippen molar-refractivity contribution in [1.82, 2.24) is 15.8 Å². The van der Waals surface area contributed by atoms with E-state index in [2.05, 4.69) is 17.2 Å². The number of hydrogen-bond acceptors (Lipinski definition) is 6. The highest BCUT2D eigenvalue weighted by Gasteiger charge is 2.24. The first-order chi connectivity index (χ1) is 10.1. The van der Waals surface area contributed by atoms with E-state index in [4.69, 9.17) is 21.2 Å². The maximum atomic E-state index is 11.7. The van der Waals surface area contributed by atoms with Gasteiger partial charge in [0.2, 0.25) is 0 Å². The van der Waals surface area contributed by atoms with Gasteiger partial charge in [0.05, 0.1) is 5.56 Å². The Bertz CT molecular complexity index is 687. The van der Waals surface area contributed by atoms with Gasteiger partial charge in [-0.05, 0) is 19.1 Å². The quantitative estimate of drug-likeness (QED) is 0.574. The molecule has 2 aromatic rings. The molecule has 0 saturated carbocycles. The van der Waals surface area contributed by atoms with E-state index in [0.717, 1.165) is 19.6 Å². The van der Waals surface area contributed by atoms with Gasteiger partial charge in [-0.3, -0.25) is 10.0 Å². The molecule has 3 rings (SSSR count). The van der Waals surface area contributed by atoms with Crippen molar-refractivity contribution >= 4 is 34.6 Å². The molecule has 8 heteroatoms. The number of nitrogens with zero attached hydrogens (tertiary/aromatic N) is 2. The van der Waals surface area contributed by atoms with E-state index in [1.54, 1.807) is 11.5 Å². The maximum absolute atomic E-state index is 11.7. The van der Waals surface area contributed by atoms with Gasteiger partial charge in [-0.25, -0.2) is 5.48 Å². The first-order valence-electron chi connectivity index (χ1n) is 6.62. The number of anilines is 1. The number of aromatic nitrogens is 1. The Morgan fingerprint density at radius 2 is 2.43 bits per heavy atom. The van der Waals surface area contributed by atoms with Crippen LogP contribution in [0.3, 0.4) is 0 Å². The molecule has 0 bridgehead atoms. The predicted octanol–water partition coefficient (Wildman–Crippen LogP) is 1.40. The fraction of sp³-hybridized carbons (Fsp3) is 0.385. The smallest absolute Gasteiger partial charge is 0.298 e. The second kappa shape index (κ2) is 5.51. The van der Waals surface area contributed by atoms with E-state index in [0.29, 0.717) is 22.1 Å². The highest BCUT2D eigenvalue weighted by Crippen LogP contribution is 2.29. The van der Waals surface area contributed by atoms with Crippen LogP contribution < -0.4 is 15.7 Å². The summed E-state index contributed by atoms with van der Waals surface area (Å²) in [6, 6.07) is 3.75. The summed E-state index contributed by atoms with van der Waals surface area (Å²) in [6.07, 6.45) is 0. The second-order valence-electron chi connectivity index (χ2n) is 4.99. The molecule has 1 saturated heterocycles. The van der Waals surface area contributed by atoms with Gasteiger partial charge in [0.25, 0.3) is 11.9 Å². The minimum absolute atomic E-state index is 0.154. The van der Waals surface area contributed by atoms with E-state index in [9.17, 15) is 4.79 Å². The Balaban J connectivity index is 2.08. The summed E-state index contributed by atoms with van der Waals surface area (Å²) in [5.74, 6) is -0.682. The van der Waals surface area contributed by atoms with Crippen molar-refractivity contribution in [3.63, 3.8) is 0 Å². The Kier molecular flexibility index (Phi) is 3.71. The molecule has 1 aromatic heterocycles. The third kappa shape index (κ3) is 2.55. The zero-order valence-corrected chi connectivity index (χ0v) is 12.1. The van der Waals surface area contributed by atoms with E-state index in [1.807, 2.05) is 4.90 Å². The number of benzene rings is 1. The van der Waals surface area contributed by atoms with Crippen molar-refractivity contribution in [2.45, 2.75) is 13.0 Å². The average molecular weight is 311 g/mol. The summed E-state index contributed by atoms with van der Waals surface area (Å²) >= 11 is 5.98. The van der Waals surface area contributed by atoms with Crippen molar-refractivity contribution in [3.05, 3.63) is 22.7 Å². The number of nitrogens with one attached hydrogen (secondary N) is 2. The van der Waals surface area contributed by atoms with Crippen LogP contribution >= 0.6 is 11.6 Å². The number of carbonyl (C=O) groups is 1. The molecular weight excluding hydrogens is 296 g/mol. The van der Waals surface area contributed by atoms with Crippen LogP contribution in [-0.2, 0) is 0 Å². The summed E-state index contributed by atoms with van der Waals surface area (Å²) < 4.78 is 5.74. The van der Waals surface area contributed by atoms with E-state index in [-0.39, 0.29) is 11.6 Å².